The molecule has 7 nitrogen and oxygen atoms in total. The van der Waals surface area contributed by atoms with Crippen LogP contribution in [0.5, 0.6) is 0 Å². The van der Waals surface area contributed by atoms with Gasteiger partial charge in [-0.15, -0.1) is 0 Å². The zero-order valence-electron chi connectivity index (χ0n) is 12.6. The molecule has 0 unspecified atom stereocenters. The van der Waals surface area contributed by atoms with E-state index in [1.807, 2.05) is 12.1 Å². The Morgan fingerprint density at radius 1 is 1.22 bits per heavy atom. The van der Waals surface area contributed by atoms with Gasteiger partial charge in [-0.2, -0.15) is 0 Å². The fraction of sp³-hybridized carbons (Fsp3) is 0.267. The Labute approximate surface area is 134 Å². The Bertz CT molecular complexity index is 761. The molecule has 0 saturated heterocycles. The van der Waals surface area contributed by atoms with Gasteiger partial charge in [0, 0.05) is 31.1 Å². The number of aryl methyl sites for hydroxylation is 1. The lowest BCUT2D eigenvalue weighted by Gasteiger charge is -2.22. The molecule has 2 aromatic rings. The van der Waals surface area contributed by atoms with Gasteiger partial charge in [-0.1, -0.05) is 6.07 Å². The van der Waals surface area contributed by atoms with Crippen LogP contribution in [0.25, 0.3) is 0 Å². The first-order valence-electron chi connectivity index (χ1n) is 6.99. The van der Waals surface area contributed by atoms with Crippen molar-refractivity contribution in [3.05, 3.63) is 64.5 Å². The Kier molecular flexibility index (Phi) is 5.28. The molecule has 0 saturated carbocycles. The molecule has 0 aliphatic rings. The number of nitro groups is 1. The molecule has 1 aromatic carbocycles. The van der Waals surface area contributed by atoms with Crippen molar-refractivity contribution in [1.29, 1.82) is 0 Å². The lowest BCUT2D eigenvalue weighted by atomic mass is 10.1. The zero-order valence-corrected chi connectivity index (χ0v) is 13.4. The van der Waals surface area contributed by atoms with Crippen molar-refractivity contribution in [1.82, 2.24) is 4.98 Å². The van der Waals surface area contributed by atoms with Gasteiger partial charge in [0.05, 0.1) is 16.9 Å². The summed E-state index contributed by atoms with van der Waals surface area (Å²) in [5.74, 6) is 0. The maximum absolute atomic E-state index is 12.0. The number of benzene rings is 1. The van der Waals surface area contributed by atoms with E-state index in [0.717, 1.165) is 11.8 Å². The van der Waals surface area contributed by atoms with Crippen LogP contribution in [-0.4, -0.2) is 31.1 Å². The minimum atomic E-state index is -3.46. The molecule has 2 rings (SSSR count). The molecule has 1 heterocycles. The van der Waals surface area contributed by atoms with Crippen LogP contribution in [0.4, 0.5) is 11.4 Å². The Balaban J connectivity index is 2.10. The van der Waals surface area contributed by atoms with Gasteiger partial charge < -0.3 is 0 Å². The highest BCUT2D eigenvalue weighted by molar-refractivity contribution is 7.92. The van der Waals surface area contributed by atoms with Gasteiger partial charge in [0.25, 0.3) is 5.69 Å². The van der Waals surface area contributed by atoms with Crippen LogP contribution in [0, 0.1) is 10.1 Å². The van der Waals surface area contributed by atoms with Gasteiger partial charge in [0.2, 0.25) is 10.0 Å². The molecule has 122 valence electrons. The number of nitro benzene ring substituents is 1. The van der Waals surface area contributed by atoms with Gasteiger partial charge in [-0.05, 0) is 36.6 Å². The first-order chi connectivity index (χ1) is 10.9. The Morgan fingerprint density at radius 2 is 1.91 bits per heavy atom. The maximum Gasteiger partial charge on any atom is 0.269 e. The monoisotopic (exact) mass is 335 g/mol. The van der Waals surface area contributed by atoms with E-state index in [1.165, 1.54) is 28.6 Å². The van der Waals surface area contributed by atoms with Crippen LogP contribution in [0.3, 0.4) is 0 Å². The van der Waals surface area contributed by atoms with Gasteiger partial charge in [0.15, 0.2) is 0 Å². The lowest BCUT2D eigenvalue weighted by molar-refractivity contribution is -0.384. The zero-order chi connectivity index (χ0) is 16.9. The van der Waals surface area contributed by atoms with Crippen molar-refractivity contribution in [2.75, 3.05) is 17.1 Å². The fourth-order valence-electron chi connectivity index (χ4n) is 2.20. The standard InChI is InChI=1S/C15H17N3O4S/c1-23(21,22)17(11-3-5-13-4-2-10-16-12-13)14-6-8-15(9-7-14)18(19)20/h2,4,6-10,12H,3,5,11H2,1H3. The van der Waals surface area contributed by atoms with Crippen LogP contribution >= 0.6 is 0 Å². The van der Waals surface area contributed by atoms with E-state index < -0.39 is 14.9 Å². The minimum absolute atomic E-state index is 0.0717. The summed E-state index contributed by atoms with van der Waals surface area (Å²) in [7, 11) is -3.46. The predicted molar refractivity (Wildman–Crippen MR) is 87.8 cm³/mol. The van der Waals surface area contributed by atoms with Crippen molar-refractivity contribution < 1.29 is 13.3 Å². The van der Waals surface area contributed by atoms with Gasteiger partial charge in [-0.3, -0.25) is 19.4 Å². The first-order valence-corrected chi connectivity index (χ1v) is 8.84. The highest BCUT2D eigenvalue weighted by Gasteiger charge is 2.18. The highest BCUT2D eigenvalue weighted by Crippen LogP contribution is 2.22. The molecule has 0 aliphatic carbocycles. The predicted octanol–water partition coefficient (Wildman–Crippen LogP) is 2.39. The molecule has 0 spiro atoms. The molecular weight excluding hydrogens is 318 g/mol. The molecule has 0 amide bonds. The minimum Gasteiger partial charge on any atom is -0.270 e. The number of rotatable bonds is 7. The van der Waals surface area contributed by atoms with E-state index in [2.05, 4.69) is 4.98 Å². The van der Waals surface area contributed by atoms with E-state index in [1.54, 1.807) is 12.4 Å². The third-order valence-electron chi connectivity index (χ3n) is 3.30. The molecule has 0 bridgehead atoms. The number of non-ortho nitro benzene ring substituents is 1. The molecule has 0 atom stereocenters. The van der Waals surface area contributed by atoms with Gasteiger partial charge in [0.1, 0.15) is 0 Å². The summed E-state index contributed by atoms with van der Waals surface area (Å²) < 4.78 is 25.2. The third kappa shape index (κ3) is 4.75. The van der Waals surface area contributed by atoms with E-state index in [4.69, 9.17) is 0 Å². The van der Waals surface area contributed by atoms with E-state index in [9.17, 15) is 18.5 Å². The number of hydrogen-bond donors (Lipinski definition) is 0. The first kappa shape index (κ1) is 16.9. The Morgan fingerprint density at radius 3 is 2.43 bits per heavy atom. The van der Waals surface area contributed by atoms with Crippen molar-refractivity contribution in [2.24, 2.45) is 0 Å². The average Bonchev–Trinajstić information content (AvgIpc) is 2.51. The second kappa shape index (κ2) is 7.19. The topological polar surface area (TPSA) is 93.4 Å². The highest BCUT2D eigenvalue weighted by atomic mass is 32.2. The summed E-state index contributed by atoms with van der Waals surface area (Å²) in [5.41, 5.74) is 1.38. The van der Waals surface area contributed by atoms with Crippen molar-refractivity contribution >= 4 is 21.4 Å². The number of sulfonamides is 1. The molecule has 1 aromatic heterocycles. The quantitative estimate of drug-likeness (QED) is 0.572. The fourth-order valence-corrected chi connectivity index (χ4v) is 3.17. The SMILES string of the molecule is CS(=O)(=O)N(CCCc1cccnc1)c1ccc([N+](=O)[O-])cc1. The second-order valence-electron chi connectivity index (χ2n) is 5.07. The maximum atomic E-state index is 12.0. The molecule has 8 heteroatoms. The normalized spacial score (nSPS) is 11.2. The second-order valence-corrected chi connectivity index (χ2v) is 6.98. The van der Waals surface area contributed by atoms with Crippen LogP contribution in [0.2, 0.25) is 0 Å². The van der Waals surface area contributed by atoms with E-state index >= 15 is 0 Å². The summed E-state index contributed by atoms with van der Waals surface area (Å²) >= 11 is 0. The molecule has 23 heavy (non-hydrogen) atoms. The van der Waals surface area contributed by atoms with E-state index in [-0.39, 0.29) is 5.69 Å². The molecule has 0 aliphatic heterocycles. The average molecular weight is 335 g/mol. The summed E-state index contributed by atoms with van der Waals surface area (Å²) in [4.78, 5) is 14.2. The number of hydrogen-bond acceptors (Lipinski definition) is 5. The van der Waals surface area contributed by atoms with Crippen LogP contribution in [0.15, 0.2) is 48.8 Å². The smallest absolute Gasteiger partial charge is 0.269 e. The molecule has 0 fully saturated rings. The number of nitrogens with zero attached hydrogens (tertiary/aromatic N) is 3. The van der Waals surface area contributed by atoms with E-state index in [0.29, 0.717) is 25.1 Å². The van der Waals surface area contributed by atoms with Crippen LogP contribution in [-0.2, 0) is 16.4 Å². The van der Waals surface area contributed by atoms with Crippen LogP contribution in [0.1, 0.15) is 12.0 Å². The van der Waals surface area contributed by atoms with Crippen LogP contribution < -0.4 is 4.31 Å². The number of aromatic nitrogens is 1. The summed E-state index contributed by atoms with van der Waals surface area (Å²) in [6, 6.07) is 9.26. The van der Waals surface area contributed by atoms with Crippen molar-refractivity contribution in [3.63, 3.8) is 0 Å². The lowest BCUT2D eigenvalue weighted by Crippen LogP contribution is -2.31. The van der Waals surface area contributed by atoms with Crippen molar-refractivity contribution in [3.8, 4) is 0 Å². The van der Waals surface area contributed by atoms with Crippen molar-refractivity contribution in [2.45, 2.75) is 12.8 Å². The number of pyridine rings is 1. The molecule has 0 radical (unpaired) electrons. The largest absolute Gasteiger partial charge is 0.270 e. The molecular formula is C15H17N3O4S. The molecule has 0 N–H and O–H groups in total. The van der Waals surface area contributed by atoms with Gasteiger partial charge >= 0.3 is 0 Å². The summed E-state index contributed by atoms with van der Waals surface area (Å²) in [6.07, 6.45) is 5.88. The summed E-state index contributed by atoms with van der Waals surface area (Å²) in [6.45, 7) is 0.297. The summed E-state index contributed by atoms with van der Waals surface area (Å²) in [5, 5.41) is 10.7. The number of anilines is 1. The van der Waals surface area contributed by atoms with Gasteiger partial charge in [-0.25, -0.2) is 8.42 Å². The Hall–Kier alpha value is -2.48. The third-order valence-corrected chi connectivity index (χ3v) is 4.49.